The lowest BCUT2D eigenvalue weighted by Crippen LogP contribution is -2.47. The number of hydrogen-bond donors (Lipinski definition) is 4. The average molecular weight is 514 g/mol. The van der Waals surface area contributed by atoms with Crippen LogP contribution >= 0.6 is 0 Å². The van der Waals surface area contributed by atoms with E-state index in [4.69, 9.17) is 0 Å². The average Bonchev–Trinajstić information content (AvgIpc) is 3.56. The molecule has 8 heteroatoms. The first-order valence-electron chi connectivity index (χ1n) is 13.2. The van der Waals surface area contributed by atoms with Gasteiger partial charge in [-0.3, -0.25) is 9.59 Å². The zero-order valence-corrected chi connectivity index (χ0v) is 21.8. The highest BCUT2D eigenvalue weighted by molar-refractivity contribution is 5.91. The van der Waals surface area contributed by atoms with E-state index in [2.05, 4.69) is 49.9 Å². The maximum atomic E-state index is 13.2. The van der Waals surface area contributed by atoms with Crippen LogP contribution in [-0.4, -0.2) is 45.1 Å². The molecule has 4 N–H and O–H groups in total. The Labute approximate surface area is 222 Å². The van der Waals surface area contributed by atoms with Crippen molar-refractivity contribution in [2.75, 3.05) is 6.54 Å². The first kappa shape index (κ1) is 26.9. The van der Waals surface area contributed by atoms with Gasteiger partial charge in [0, 0.05) is 41.5 Å². The third-order valence-corrected chi connectivity index (χ3v) is 6.63. The number of imidazole rings is 1. The van der Waals surface area contributed by atoms with Crippen LogP contribution in [0.25, 0.3) is 22.2 Å². The van der Waals surface area contributed by atoms with E-state index in [9.17, 15) is 14.4 Å². The van der Waals surface area contributed by atoms with Crippen molar-refractivity contribution in [2.24, 2.45) is 0 Å². The smallest absolute Gasteiger partial charge is 0.242 e. The number of aromatic amines is 2. The zero-order chi connectivity index (χ0) is 26.7. The summed E-state index contributed by atoms with van der Waals surface area (Å²) in [6.45, 7) is 2.03. The van der Waals surface area contributed by atoms with Crippen molar-refractivity contribution < 1.29 is 14.4 Å². The van der Waals surface area contributed by atoms with Gasteiger partial charge in [-0.25, -0.2) is 4.98 Å². The van der Waals surface area contributed by atoms with Crippen LogP contribution in [0.3, 0.4) is 0 Å². The molecule has 0 saturated carbocycles. The fourth-order valence-electron chi connectivity index (χ4n) is 4.71. The highest BCUT2D eigenvalue weighted by Crippen LogP contribution is 2.30. The number of carbonyl (C=O) groups excluding carboxylic acids is 3. The number of para-hydroxylation sites is 1. The SMILES string of the molecule is CC(=O)CCCCC[C@H](NC(=O)Cc1cnc[nH]1)C(=O)NCCc1c(-c2ccccc2)[nH]c2ccccc12. The number of fused-ring (bicyclic) bond motifs is 1. The van der Waals surface area contributed by atoms with Crippen molar-refractivity contribution in [1.29, 1.82) is 0 Å². The predicted octanol–water partition coefficient (Wildman–Crippen LogP) is 4.48. The van der Waals surface area contributed by atoms with Gasteiger partial charge in [-0.15, -0.1) is 0 Å². The number of ketones is 1. The minimum Gasteiger partial charge on any atom is -0.354 e. The van der Waals surface area contributed by atoms with E-state index in [1.54, 1.807) is 13.1 Å². The van der Waals surface area contributed by atoms with Crippen LogP contribution < -0.4 is 10.6 Å². The first-order valence-corrected chi connectivity index (χ1v) is 13.2. The highest BCUT2D eigenvalue weighted by Gasteiger charge is 2.21. The molecule has 0 spiro atoms. The van der Waals surface area contributed by atoms with E-state index < -0.39 is 6.04 Å². The summed E-state index contributed by atoms with van der Waals surface area (Å²) in [5.74, 6) is -0.268. The highest BCUT2D eigenvalue weighted by atomic mass is 16.2. The molecule has 0 aliphatic carbocycles. The number of aromatic nitrogens is 3. The topological polar surface area (TPSA) is 120 Å². The molecule has 0 radical (unpaired) electrons. The number of benzene rings is 2. The predicted molar refractivity (Wildman–Crippen MR) is 148 cm³/mol. The zero-order valence-electron chi connectivity index (χ0n) is 21.8. The Bertz CT molecular complexity index is 1350. The van der Waals surface area contributed by atoms with Crippen LogP contribution in [-0.2, 0) is 27.2 Å². The Morgan fingerprint density at radius 3 is 2.53 bits per heavy atom. The van der Waals surface area contributed by atoms with E-state index in [0.29, 0.717) is 31.5 Å². The fourth-order valence-corrected chi connectivity index (χ4v) is 4.71. The van der Waals surface area contributed by atoms with Gasteiger partial charge in [-0.2, -0.15) is 0 Å². The lowest BCUT2D eigenvalue weighted by atomic mass is 10.0. The van der Waals surface area contributed by atoms with Gasteiger partial charge >= 0.3 is 0 Å². The summed E-state index contributed by atoms with van der Waals surface area (Å²) in [6.07, 6.45) is 7.31. The lowest BCUT2D eigenvalue weighted by molar-refractivity contribution is -0.128. The van der Waals surface area contributed by atoms with Crippen LogP contribution in [0.4, 0.5) is 0 Å². The van der Waals surface area contributed by atoms with Gasteiger partial charge in [-0.1, -0.05) is 61.4 Å². The Morgan fingerprint density at radius 1 is 0.974 bits per heavy atom. The minimum absolute atomic E-state index is 0.129. The van der Waals surface area contributed by atoms with Crippen LogP contribution in [0.1, 0.15) is 50.3 Å². The number of Topliss-reactive ketones (excluding diaryl/α,β-unsaturated/α-hetero) is 1. The van der Waals surface area contributed by atoms with Crippen LogP contribution in [0, 0.1) is 0 Å². The van der Waals surface area contributed by atoms with E-state index in [1.165, 1.54) is 6.33 Å². The molecule has 2 heterocycles. The number of nitrogens with zero attached hydrogens (tertiary/aromatic N) is 1. The van der Waals surface area contributed by atoms with E-state index >= 15 is 0 Å². The number of hydrogen-bond acceptors (Lipinski definition) is 4. The maximum absolute atomic E-state index is 13.2. The van der Waals surface area contributed by atoms with Gasteiger partial charge in [0.1, 0.15) is 11.8 Å². The monoisotopic (exact) mass is 513 g/mol. The van der Waals surface area contributed by atoms with Gasteiger partial charge in [0.15, 0.2) is 0 Å². The summed E-state index contributed by atoms with van der Waals surface area (Å²) in [4.78, 5) is 47.4. The van der Waals surface area contributed by atoms with Crippen molar-refractivity contribution in [3.05, 3.63) is 78.4 Å². The standard InChI is InChI=1S/C30H35N5O3/c1-21(36)10-4-2-7-15-27(34-28(37)18-23-19-31-20-33-23)30(38)32-17-16-25-24-13-8-9-14-26(24)35-29(25)22-11-5-3-6-12-22/h3,5-6,8-9,11-14,19-20,27,35H,2,4,7,10,15-18H2,1H3,(H,31,33)(H,32,38)(H,34,37)/t27-/m0/s1. The molecule has 2 aromatic carbocycles. The quantitative estimate of drug-likeness (QED) is 0.186. The van der Waals surface area contributed by atoms with Gasteiger partial charge in [0.25, 0.3) is 0 Å². The van der Waals surface area contributed by atoms with E-state index in [1.807, 2.05) is 30.3 Å². The Kier molecular flexibility index (Phi) is 9.45. The largest absolute Gasteiger partial charge is 0.354 e. The van der Waals surface area contributed by atoms with Gasteiger partial charge in [-0.05, 0) is 43.4 Å². The Morgan fingerprint density at radius 2 is 1.76 bits per heavy atom. The summed E-state index contributed by atoms with van der Waals surface area (Å²) in [5, 5.41) is 7.07. The molecule has 2 aromatic heterocycles. The molecule has 38 heavy (non-hydrogen) atoms. The van der Waals surface area contributed by atoms with Gasteiger partial charge in [0.2, 0.25) is 11.8 Å². The molecule has 0 aliphatic rings. The Balaban J connectivity index is 1.40. The number of amides is 2. The number of unbranched alkanes of at least 4 members (excludes halogenated alkanes) is 2. The summed E-state index contributed by atoms with van der Waals surface area (Å²) in [5.41, 5.74) is 5.05. The van der Waals surface area contributed by atoms with Crippen LogP contribution in [0.15, 0.2) is 67.1 Å². The third-order valence-electron chi connectivity index (χ3n) is 6.63. The summed E-state index contributed by atoms with van der Waals surface area (Å²) in [6, 6.07) is 17.7. The van der Waals surface area contributed by atoms with Crippen molar-refractivity contribution in [1.82, 2.24) is 25.6 Å². The maximum Gasteiger partial charge on any atom is 0.242 e. The van der Waals surface area contributed by atoms with Crippen molar-refractivity contribution in [3.63, 3.8) is 0 Å². The Hall–Kier alpha value is -4.20. The van der Waals surface area contributed by atoms with Crippen molar-refractivity contribution in [2.45, 2.75) is 57.9 Å². The molecule has 0 saturated heterocycles. The van der Waals surface area contributed by atoms with Crippen LogP contribution in [0.5, 0.6) is 0 Å². The molecule has 0 fully saturated rings. The summed E-state index contributed by atoms with van der Waals surface area (Å²) >= 11 is 0. The van der Waals surface area contributed by atoms with Crippen LogP contribution in [0.2, 0.25) is 0 Å². The third kappa shape index (κ3) is 7.41. The lowest BCUT2D eigenvalue weighted by Gasteiger charge is -2.18. The molecular formula is C30H35N5O3. The molecular weight excluding hydrogens is 478 g/mol. The minimum atomic E-state index is -0.640. The molecule has 0 aliphatic heterocycles. The fraction of sp³-hybridized carbons (Fsp3) is 0.333. The first-order chi connectivity index (χ1) is 18.5. The number of nitrogens with one attached hydrogen (secondary N) is 4. The molecule has 4 aromatic rings. The molecule has 1 atom stereocenters. The molecule has 0 bridgehead atoms. The second-order valence-electron chi connectivity index (χ2n) is 9.61. The number of H-pyrrole nitrogens is 2. The molecule has 0 unspecified atom stereocenters. The summed E-state index contributed by atoms with van der Waals surface area (Å²) in [7, 11) is 0. The normalized spacial score (nSPS) is 11.8. The second kappa shape index (κ2) is 13.4. The number of carbonyl (C=O) groups is 3. The number of rotatable bonds is 14. The molecule has 2 amide bonds. The van der Waals surface area contributed by atoms with Gasteiger partial charge in [0.05, 0.1) is 12.7 Å². The molecule has 198 valence electrons. The van der Waals surface area contributed by atoms with E-state index in [-0.39, 0.29) is 24.0 Å². The van der Waals surface area contributed by atoms with E-state index in [0.717, 1.165) is 47.0 Å². The summed E-state index contributed by atoms with van der Waals surface area (Å²) < 4.78 is 0. The second-order valence-corrected chi connectivity index (χ2v) is 9.61. The molecule has 4 rings (SSSR count). The van der Waals surface area contributed by atoms with Crippen molar-refractivity contribution >= 4 is 28.5 Å². The van der Waals surface area contributed by atoms with Crippen molar-refractivity contribution in [3.8, 4) is 11.3 Å². The molecule has 8 nitrogen and oxygen atoms in total. The van der Waals surface area contributed by atoms with Gasteiger partial charge < -0.3 is 25.4 Å².